The molecule has 2 aromatic carbocycles. The van der Waals surface area contributed by atoms with Crippen LogP contribution < -0.4 is 20.7 Å². The molecule has 2 aromatic rings. The number of anilines is 3. The molecule has 1 aliphatic heterocycles. The molecular weight excluding hydrogens is 278 g/mol. The van der Waals surface area contributed by atoms with Gasteiger partial charge in [0.15, 0.2) is 0 Å². The summed E-state index contributed by atoms with van der Waals surface area (Å²) in [6, 6.07) is 13.3. The van der Waals surface area contributed by atoms with Gasteiger partial charge >= 0.3 is 0 Å². The Kier molecular flexibility index (Phi) is 3.87. The molecule has 0 radical (unpaired) electrons. The Bertz CT molecular complexity index is 683. The molecule has 114 valence electrons. The van der Waals surface area contributed by atoms with Crippen LogP contribution in [0.25, 0.3) is 0 Å². The fourth-order valence-corrected chi connectivity index (χ4v) is 2.47. The number of benzene rings is 2. The van der Waals surface area contributed by atoms with E-state index in [0.29, 0.717) is 18.8 Å². The second-order valence-electron chi connectivity index (χ2n) is 5.41. The van der Waals surface area contributed by atoms with Crippen molar-refractivity contribution in [3.8, 4) is 5.75 Å². The molecule has 0 aromatic heterocycles. The molecule has 0 unspecified atom stereocenters. The highest BCUT2D eigenvalue weighted by atomic mass is 16.5. The number of ether oxygens (including phenoxy) is 1. The number of amides is 1. The van der Waals surface area contributed by atoms with E-state index in [0.717, 1.165) is 22.7 Å². The third kappa shape index (κ3) is 3.14. The van der Waals surface area contributed by atoms with Crippen molar-refractivity contribution in [1.82, 2.24) is 0 Å². The molecular formula is C17H19N3O2. The fourth-order valence-electron chi connectivity index (χ4n) is 2.47. The van der Waals surface area contributed by atoms with E-state index in [-0.39, 0.29) is 12.5 Å². The number of rotatable bonds is 3. The number of nitrogen functional groups attached to an aromatic ring is 1. The van der Waals surface area contributed by atoms with Crippen LogP contribution in [0.4, 0.5) is 17.1 Å². The van der Waals surface area contributed by atoms with E-state index in [4.69, 9.17) is 10.5 Å². The lowest BCUT2D eigenvalue weighted by Crippen LogP contribution is -2.38. The lowest BCUT2D eigenvalue weighted by Gasteiger charge is -2.30. The van der Waals surface area contributed by atoms with Crippen LogP contribution in [-0.4, -0.2) is 25.6 Å². The third-order valence-electron chi connectivity index (χ3n) is 3.61. The first-order chi connectivity index (χ1) is 10.6. The van der Waals surface area contributed by atoms with Crippen LogP contribution in [0.2, 0.25) is 0 Å². The monoisotopic (exact) mass is 297 g/mol. The second kappa shape index (κ2) is 5.97. The van der Waals surface area contributed by atoms with Crippen LogP contribution >= 0.6 is 0 Å². The van der Waals surface area contributed by atoms with Crippen LogP contribution in [0.15, 0.2) is 42.5 Å². The Hall–Kier alpha value is -2.69. The summed E-state index contributed by atoms with van der Waals surface area (Å²) in [5.74, 6) is 0.683. The van der Waals surface area contributed by atoms with E-state index in [1.807, 2.05) is 48.2 Å². The second-order valence-corrected chi connectivity index (χ2v) is 5.41. The zero-order valence-corrected chi connectivity index (χ0v) is 12.5. The number of carbonyl (C=O) groups excluding carboxylic acids is 1. The van der Waals surface area contributed by atoms with Crippen molar-refractivity contribution in [2.45, 2.75) is 6.92 Å². The summed E-state index contributed by atoms with van der Waals surface area (Å²) in [7, 11) is 0. The van der Waals surface area contributed by atoms with Gasteiger partial charge in [-0.2, -0.15) is 0 Å². The molecule has 0 spiro atoms. The molecule has 5 heteroatoms. The van der Waals surface area contributed by atoms with E-state index in [1.54, 1.807) is 6.07 Å². The average molecular weight is 297 g/mol. The van der Waals surface area contributed by atoms with Crippen LogP contribution in [0.1, 0.15) is 5.56 Å². The van der Waals surface area contributed by atoms with Gasteiger partial charge in [-0.15, -0.1) is 0 Å². The van der Waals surface area contributed by atoms with Gasteiger partial charge in [-0.3, -0.25) is 4.79 Å². The third-order valence-corrected chi connectivity index (χ3v) is 3.61. The van der Waals surface area contributed by atoms with Crippen LogP contribution in [0.5, 0.6) is 5.75 Å². The van der Waals surface area contributed by atoms with Crippen molar-refractivity contribution in [3.05, 3.63) is 48.0 Å². The maximum absolute atomic E-state index is 12.2. The van der Waals surface area contributed by atoms with Gasteiger partial charge in [-0.25, -0.2) is 0 Å². The van der Waals surface area contributed by atoms with E-state index in [2.05, 4.69) is 5.32 Å². The molecule has 1 aliphatic rings. The Balaban J connectivity index is 1.69. The summed E-state index contributed by atoms with van der Waals surface area (Å²) < 4.78 is 5.59. The number of hydrogen-bond donors (Lipinski definition) is 2. The predicted molar refractivity (Wildman–Crippen MR) is 88.4 cm³/mol. The summed E-state index contributed by atoms with van der Waals surface area (Å²) in [6.07, 6.45) is 0. The standard InChI is InChI=1S/C17H19N3O2/c1-12-2-5-14(6-3-12)19-17(21)11-20-8-9-22-16-10-13(18)4-7-15(16)20/h2-7,10H,8-9,11,18H2,1H3,(H,19,21). The van der Waals surface area contributed by atoms with Crippen LogP contribution in [-0.2, 0) is 4.79 Å². The molecule has 0 atom stereocenters. The summed E-state index contributed by atoms with van der Waals surface area (Å²) in [5, 5.41) is 2.91. The highest BCUT2D eigenvalue weighted by Crippen LogP contribution is 2.33. The lowest BCUT2D eigenvalue weighted by molar-refractivity contribution is -0.115. The Labute approximate surface area is 129 Å². The lowest BCUT2D eigenvalue weighted by atomic mass is 10.2. The number of fused-ring (bicyclic) bond motifs is 1. The minimum atomic E-state index is -0.0477. The number of nitrogens with two attached hydrogens (primary N) is 1. The van der Waals surface area contributed by atoms with Crippen molar-refractivity contribution in [3.63, 3.8) is 0 Å². The smallest absolute Gasteiger partial charge is 0.243 e. The molecule has 0 fully saturated rings. The Morgan fingerprint density at radius 2 is 2.05 bits per heavy atom. The minimum absolute atomic E-state index is 0.0477. The van der Waals surface area contributed by atoms with Crippen molar-refractivity contribution in [2.75, 3.05) is 35.6 Å². The summed E-state index contributed by atoms with van der Waals surface area (Å²) in [6.45, 7) is 3.53. The molecule has 22 heavy (non-hydrogen) atoms. The summed E-state index contributed by atoms with van der Waals surface area (Å²) in [5.41, 5.74) is 9.30. The van der Waals surface area contributed by atoms with Gasteiger partial charge in [-0.05, 0) is 31.2 Å². The molecule has 0 bridgehead atoms. The molecule has 0 saturated carbocycles. The number of hydrogen-bond acceptors (Lipinski definition) is 4. The summed E-state index contributed by atoms with van der Waals surface area (Å²) in [4.78, 5) is 14.2. The molecule has 1 amide bonds. The molecule has 3 N–H and O–H groups in total. The zero-order valence-electron chi connectivity index (χ0n) is 12.5. The number of nitrogens with one attached hydrogen (secondary N) is 1. The molecule has 0 aliphatic carbocycles. The van der Waals surface area contributed by atoms with E-state index < -0.39 is 0 Å². The fraction of sp³-hybridized carbons (Fsp3) is 0.235. The quantitative estimate of drug-likeness (QED) is 0.854. The Morgan fingerprint density at radius 1 is 1.27 bits per heavy atom. The van der Waals surface area contributed by atoms with Crippen LogP contribution in [0, 0.1) is 6.92 Å². The number of aryl methyl sites for hydroxylation is 1. The number of carbonyl (C=O) groups is 1. The first-order valence-corrected chi connectivity index (χ1v) is 7.25. The molecule has 1 heterocycles. The highest BCUT2D eigenvalue weighted by molar-refractivity contribution is 5.94. The zero-order chi connectivity index (χ0) is 15.5. The van der Waals surface area contributed by atoms with Crippen molar-refractivity contribution >= 4 is 23.0 Å². The van der Waals surface area contributed by atoms with Crippen molar-refractivity contribution in [1.29, 1.82) is 0 Å². The maximum atomic E-state index is 12.2. The molecule has 5 nitrogen and oxygen atoms in total. The number of nitrogens with zero attached hydrogens (tertiary/aromatic N) is 1. The van der Waals surface area contributed by atoms with Gasteiger partial charge in [0.1, 0.15) is 12.4 Å². The summed E-state index contributed by atoms with van der Waals surface area (Å²) >= 11 is 0. The normalized spacial score (nSPS) is 13.2. The average Bonchev–Trinajstić information content (AvgIpc) is 2.49. The van der Waals surface area contributed by atoms with Crippen molar-refractivity contribution in [2.24, 2.45) is 0 Å². The molecule has 3 rings (SSSR count). The first-order valence-electron chi connectivity index (χ1n) is 7.25. The van der Waals surface area contributed by atoms with E-state index in [9.17, 15) is 4.79 Å². The highest BCUT2D eigenvalue weighted by Gasteiger charge is 2.20. The largest absolute Gasteiger partial charge is 0.489 e. The van der Waals surface area contributed by atoms with Gasteiger partial charge in [-0.1, -0.05) is 17.7 Å². The van der Waals surface area contributed by atoms with Gasteiger partial charge in [0.2, 0.25) is 5.91 Å². The van der Waals surface area contributed by atoms with Gasteiger partial charge < -0.3 is 20.7 Å². The van der Waals surface area contributed by atoms with E-state index in [1.165, 1.54) is 0 Å². The SMILES string of the molecule is Cc1ccc(NC(=O)CN2CCOc3cc(N)ccc32)cc1. The van der Waals surface area contributed by atoms with Gasteiger partial charge in [0, 0.05) is 17.4 Å². The minimum Gasteiger partial charge on any atom is -0.489 e. The van der Waals surface area contributed by atoms with Crippen molar-refractivity contribution < 1.29 is 9.53 Å². The topological polar surface area (TPSA) is 67.6 Å². The first kappa shape index (κ1) is 14.3. The van der Waals surface area contributed by atoms with Crippen LogP contribution in [0.3, 0.4) is 0 Å². The van der Waals surface area contributed by atoms with Gasteiger partial charge in [0.25, 0.3) is 0 Å². The maximum Gasteiger partial charge on any atom is 0.243 e. The predicted octanol–water partition coefficient (Wildman–Crippen LogP) is 2.41. The Morgan fingerprint density at radius 3 is 2.82 bits per heavy atom. The van der Waals surface area contributed by atoms with E-state index >= 15 is 0 Å². The molecule has 0 saturated heterocycles. The van der Waals surface area contributed by atoms with Gasteiger partial charge in [0.05, 0.1) is 18.8 Å².